The Kier molecular flexibility index (Phi) is 12.2. The Hall–Kier alpha value is -4.95. The molecule has 2 aromatic carbocycles. The van der Waals surface area contributed by atoms with E-state index in [0.29, 0.717) is 36.9 Å². The summed E-state index contributed by atoms with van der Waals surface area (Å²) < 4.78 is 0. The minimum atomic E-state index is -1.66. The van der Waals surface area contributed by atoms with Crippen molar-refractivity contribution in [3.05, 3.63) is 65.9 Å². The van der Waals surface area contributed by atoms with Gasteiger partial charge in [0.15, 0.2) is 0 Å². The highest BCUT2D eigenvalue weighted by Crippen LogP contribution is 2.19. The number of phenols is 1. The second kappa shape index (κ2) is 16.0. The minimum absolute atomic E-state index is 0.0167. The van der Waals surface area contributed by atoms with Gasteiger partial charge in [0.2, 0.25) is 17.7 Å². The summed E-state index contributed by atoms with van der Waals surface area (Å²) in [5, 5.41) is 36.7. The first-order chi connectivity index (χ1) is 21.0. The normalized spacial score (nSPS) is 13.8. The standard InChI is InChI=1S/C30H38N6O8/c31-12-4-3-6-21(32)27(40)34-23(14-18-16-33-22-7-2-1-5-20(18)22)28(41)35-24(15-26(38)39)29(42)36-25(30(43)44)13-17-8-10-19(37)11-9-17/h1-2,5,7-11,16,21,23-25,33,37H,3-4,6,12-15,31-32H2,(H,34,40)(H,35,41)(H,36,42)(H,38,39)(H,43,44). The number of carboxylic acids is 2. The van der Waals surface area contributed by atoms with Crippen LogP contribution in [-0.4, -0.2) is 80.7 Å². The molecule has 0 saturated carbocycles. The Bertz CT molecular complexity index is 1460. The zero-order valence-electron chi connectivity index (χ0n) is 24.0. The van der Waals surface area contributed by atoms with Crippen LogP contribution in [0.25, 0.3) is 10.9 Å². The third kappa shape index (κ3) is 9.81. The number of aromatic hydroxyl groups is 1. The molecule has 0 spiro atoms. The average Bonchev–Trinajstić information content (AvgIpc) is 3.39. The van der Waals surface area contributed by atoms with Crippen LogP contribution in [0.1, 0.15) is 36.8 Å². The van der Waals surface area contributed by atoms with E-state index in [4.69, 9.17) is 11.5 Å². The van der Waals surface area contributed by atoms with Gasteiger partial charge in [0.1, 0.15) is 23.9 Å². The van der Waals surface area contributed by atoms with E-state index in [9.17, 15) is 39.3 Å². The first kappa shape index (κ1) is 33.6. The Labute approximate surface area is 253 Å². The van der Waals surface area contributed by atoms with Crippen LogP contribution in [0, 0.1) is 0 Å². The summed E-state index contributed by atoms with van der Waals surface area (Å²) in [5.41, 5.74) is 13.5. The summed E-state index contributed by atoms with van der Waals surface area (Å²) in [6.45, 7) is 0.435. The second-order valence-corrected chi connectivity index (χ2v) is 10.4. The Balaban J connectivity index is 1.81. The molecule has 4 unspecified atom stereocenters. The van der Waals surface area contributed by atoms with Gasteiger partial charge in [0.25, 0.3) is 0 Å². The Morgan fingerprint density at radius 2 is 1.43 bits per heavy atom. The number of aromatic amines is 1. The molecule has 14 heteroatoms. The van der Waals surface area contributed by atoms with Gasteiger partial charge in [-0.2, -0.15) is 0 Å². The first-order valence-corrected chi connectivity index (χ1v) is 14.1. The molecule has 0 radical (unpaired) electrons. The summed E-state index contributed by atoms with van der Waals surface area (Å²) >= 11 is 0. The minimum Gasteiger partial charge on any atom is -0.508 e. The number of hydrogen-bond donors (Lipinski definition) is 9. The molecule has 0 aliphatic rings. The van der Waals surface area contributed by atoms with E-state index >= 15 is 0 Å². The number of aliphatic carboxylic acids is 2. The number of nitrogens with one attached hydrogen (secondary N) is 4. The predicted molar refractivity (Wildman–Crippen MR) is 160 cm³/mol. The van der Waals surface area contributed by atoms with Crippen LogP contribution in [0.3, 0.4) is 0 Å². The summed E-state index contributed by atoms with van der Waals surface area (Å²) in [7, 11) is 0. The number of carbonyl (C=O) groups excluding carboxylic acids is 3. The molecule has 0 saturated heterocycles. The van der Waals surface area contributed by atoms with Crippen LogP contribution in [-0.2, 0) is 36.8 Å². The number of rotatable bonds is 17. The topological polar surface area (TPSA) is 250 Å². The van der Waals surface area contributed by atoms with Crippen LogP contribution in [0.5, 0.6) is 5.75 Å². The van der Waals surface area contributed by atoms with E-state index in [1.54, 1.807) is 6.20 Å². The Morgan fingerprint density at radius 1 is 0.795 bits per heavy atom. The average molecular weight is 611 g/mol. The van der Waals surface area contributed by atoms with Gasteiger partial charge in [0.05, 0.1) is 12.5 Å². The molecule has 1 aromatic heterocycles. The van der Waals surface area contributed by atoms with Crippen molar-refractivity contribution in [2.45, 2.75) is 62.7 Å². The number of amides is 3. The number of aromatic nitrogens is 1. The highest BCUT2D eigenvalue weighted by Gasteiger charge is 2.32. The van der Waals surface area contributed by atoms with Crippen molar-refractivity contribution in [2.75, 3.05) is 6.54 Å². The van der Waals surface area contributed by atoms with Crippen LogP contribution in [0.2, 0.25) is 0 Å². The van der Waals surface area contributed by atoms with Crippen molar-refractivity contribution in [1.29, 1.82) is 0 Å². The van der Waals surface area contributed by atoms with E-state index in [-0.39, 0.29) is 18.6 Å². The molecule has 3 rings (SSSR count). The van der Waals surface area contributed by atoms with Crippen LogP contribution < -0.4 is 27.4 Å². The maximum Gasteiger partial charge on any atom is 0.326 e. The third-order valence-corrected chi connectivity index (χ3v) is 7.04. The number of carboxylic acid groups (broad SMARTS) is 2. The number of benzene rings is 2. The summed E-state index contributed by atoms with van der Waals surface area (Å²) in [5.74, 6) is -5.34. The quantitative estimate of drug-likeness (QED) is 0.0934. The molecule has 44 heavy (non-hydrogen) atoms. The molecule has 14 nitrogen and oxygen atoms in total. The maximum atomic E-state index is 13.6. The van der Waals surface area contributed by atoms with Crippen molar-refractivity contribution in [2.24, 2.45) is 11.5 Å². The van der Waals surface area contributed by atoms with Gasteiger partial charge in [-0.1, -0.05) is 36.8 Å². The first-order valence-electron chi connectivity index (χ1n) is 14.1. The van der Waals surface area contributed by atoms with E-state index in [1.165, 1.54) is 24.3 Å². The highest BCUT2D eigenvalue weighted by atomic mass is 16.4. The number of fused-ring (bicyclic) bond motifs is 1. The number of nitrogens with two attached hydrogens (primary N) is 2. The van der Waals surface area contributed by atoms with Gasteiger partial charge in [-0.25, -0.2) is 4.79 Å². The van der Waals surface area contributed by atoms with E-state index in [1.807, 2.05) is 24.3 Å². The molecule has 0 bridgehead atoms. The summed E-state index contributed by atoms with van der Waals surface area (Å²) in [4.78, 5) is 66.3. The van der Waals surface area contributed by atoms with E-state index in [0.717, 1.165) is 10.9 Å². The van der Waals surface area contributed by atoms with Crippen molar-refractivity contribution in [3.63, 3.8) is 0 Å². The van der Waals surface area contributed by atoms with Gasteiger partial charge >= 0.3 is 11.9 Å². The van der Waals surface area contributed by atoms with Crippen molar-refractivity contribution in [3.8, 4) is 5.75 Å². The van der Waals surface area contributed by atoms with E-state index in [2.05, 4.69) is 20.9 Å². The number of hydrogen-bond acceptors (Lipinski definition) is 8. The fraction of sp³-hybridized carbons (Fsp3) is 0.367. The zero-order valence-corrected chi connectivity index (χ0v) is 24.0. The number of para-hydroxylation sites is 1. The highest BCUT2D eigenvalue weighted by molar-refractivity contribution is 5.96. The lowest BCUT2D eigenvalue weighted by Crippen LogP contribution is -2.58. The SMILES string of the molecule is NCCCCC(N)C(=O)NC(Cc1c[nH]c2ccccc12)C(=O)NC(CC(=O)O)C(=O)NC(Cc1ccc(O)cc1)C(=O)O. The van der Waals surface area contributed by atoms with Gasteiger partial charge in [-0.3, -0.25) is 19.2 Å². The monoisotopic (exact) mass is 610 g/mol. The summed E-state index contributed by atoms with van der Waals surface area (Å²) in [6, 6.07) is 7.66. The molecule has 3 aromatic rings. The molecule has 0 aliphatic heterocycles. The molecular formula is C30H38N6O8. The van der Waals surface area contributed by atoms with Crippen molar-refractivity contribution < 1.29 is 39.3 Å². The molecular weight excluding hydrogens is 572 g/mol. The lowest BCUT2D eigenvalue weighted by atomic mass is 10.0. The molecule has 0 fully saturated rings. The molecule has 236 valence electrons. The number of H-pyrrole nitrogens is 1. The van der Waals surface area contributed by atoms with Crippen LogP contribution in [0.15, 0.2) is 54.7 Å². The molecule has 3 amide bonds. The molecule has 0 aliphatic carbocycles. The molecule has 1 heterocycles. The van der Waals surface area contributed by atoms with E-state index < -0.39 is 60.2 Å². The van der Waals surface area contributed by atoms with Crippen molar-refractivity contribution >= 4 is 40.6 Å². The van der Waals surface area contributed by atoms with Crippen LogP contribution in [0.4, 0.5) is 0 Å². The van der Waals surface area contributed by atoms with Gasteiger partial charge in [-0.15, -0.1) is 0 Å². The number of carbonyl (C=O) groups is 5. The fourth-order valence-corrected chi connectivity index (χ4v) is 4.64. The van der Waals surface area contributed by atoms with Crippen molar-refractivity contribution in [1.82, 2.24) is 20.9 Å². The largest absolute Gasteiger partial charge is 0.508 e. The lowest BCUT2D eigenvalue weighted by molar-refractivity contribution is -0.143. The Morgan fingerprint density at radius 3 is 2.09 bits per heavy atom. The van der Waals surface area contributed by atoms with Gasteiger partial charge < -0.3 is 47.7 Å². The lowest BCUT2D eigenvalue weighted by Gasteiger charge is -2.24. The van der Waals surface area contributed by atoms with Crippen LogP contribution >= 0.6 is 0 Å². The summed E-state index contributed by atoms with van der Waals surface area (Å²) in [6.07, 6.45) is 2.23. The molecule has 4 atom stereocenters. The zero-order chi connectivity index (χ0) is 32.2. The number of unbranched alkanes of at least 4 members (excludes halogenated alkanes) is 1. The van der Waals surface area contributed by atoms with Gasteiger partial charge in [0, 0.05) is 29.9 Å². The smallest absolute Gasteiger partial charge is 0.326 e. The number of phenolic OH excluding ortho intramolecular Hbond substituents is 1. The van der Waals surface area contributed by atoms with Gasteiger partial charge in [-0.05, 0) is 48.7 Å². The maximum absolute atomic E-state index is 13.6. The third-order valence-electron chi connectivity index (χ3n) is 7.04. The fourth-order valence-electron chi connectivity index (χ4n) is 4.64. The predicted octanol–water partition coefficient (Wildman–Crippen LogP) is 0.129. The molecule has 11 N–H and O–H groups in total. The second-order valence-electron chi connectivity index (χ2n) is 10.4.